The SMILES string of the molecule is CC(=O)c1cc(C(=O)N[C@H](c2cccs2)C(C)C)n(C)c1. The Morgan fingerprint density at radius 2 is 2.05 bits per heavy atom. The lowest BCUT2D eigenvalue weighted by atomic mass is 10.0. The first kappa shape index (κ1) is 15.5. The fourth-order valence-corrected chi connectivity index (χ4v) is 3.18. The van der Waals surface area contributed by atoms with Crippen molar-refractivity contribution in [2.24, 2.45) is 13.0 Å². The fourth-order valence-electron chi connectivity index (χ4n) is 2.23. The quantitative estimate of drug-likeness (QED) is 0.861. The summed E-state index contributed by atoms with van der Waals surface area (Å²) in [5, 5.41) is 5.07. The van der Waals surface area contributed by atoms with Crippen LogP contribution in [-0.2, 0) is 7.05 Å². The van der Waals surface area contributed by atoms with Crippen LogP contribution in [0.2, 0.25) is 0 Å². The van der Waals surface area contributed by atoms with Gasteiger partial charge in [-0.25, -0.2) is 0 Å². The van der Waals surface area contributed by atoms with Crippen LogP contribution in [0.5, 0.6) is 0 Å². The second-order valence-electron chi connectivity index (χ2n) is 5.49. The third-order valence-corrected chi connectivity index (χ3v) is 4.40. The molecule has 2 aromatic rings. The van der Waals surface area contributed by atoms with Gasteiger partial charge in [0.1, 0.15) is 5.69 Å². The topological polar surface area (TPSA) is 51.1 Å². The zero-order valence-electron chi connectivity index (χ0n) is 12.7. The minimum absolute atomic E-state index is 0.0202. The van der Waals surface area contributed by atoms with E-state index in [1.807, 2.05) is 17.5 Å². The van der Waals surface area contributed by atoms with Crippen LogP contribution in [0.4, 0.5) is 0 Å². The number of aromatic nitrogens is 1. The summed E-state index contributed by atoms with van der Waals surface area (Å²) < 4.78 is 1.69. The summed E-state index contributed by atoms with van der Waals surface area (Å²) >= 11 is 1.64. The van der Waals surface area contributed by atoms with Gasteiger partial charge in [0.15, 0.2) is 5.78 Å². The molecule has 1 amide bonds. The predicted octanol–water partition coefficient (Wildman–Crippen LogP) is 3.42. The summed E-state index contributed by atoms with van der Waals surface area (Å²) in [7, 11) is 1.77. The van der Waals surface area contributed by atoms with Gasteiger partial charge in [-0.05, 0) is 30.4 Å². The van der Waals surface area contributed by atoms with Gasteiger partial charge in [-0.3, -0.25) is 9.59 Å². The second kappa shape index (κ2) is 6.26. The lowest BCUT2D eigenvalue weighted by molar-refractivity contribution is 0.0918. The van der Waals surface area contributed by atoms with Crippen molar-refractivity contribution in [2.45, 2.75) is 26.8 Å². The lowest BCUT2D eigenvalue weighted by Crippen LogP contribution is -2.32. The van der Waals surface area contributed by atoms with Gasteiger partial charge in [-0.2, -0.15) is 0 Å². The Hall–Kier alpha value is -1.88. The number of carbonyl (C=O) groups is 2. The summed E-state index contributed by atoms with van der Waals surface area (Å²) in [6.07, 6.45) is 1.69. The minimum atomic E-state index is -0.155. The first-order valence-corrected chi connectivity index (χ1v) is 7.79. The summed E-state index contributed by atoms with van der Waals surface area (Å²) in [5.74, 6) is 0.0977. The van der Waals surface area contributed by atoms with E-state index < -0.39 is 0 Å². The van der Waals surface area contributed by atoms with Crippen molar-refractivity contribution in [3.63, 3.8) is 0 Å². The largest absolute Gasteiger partial charge is 0.346 e. The lowest BCUT2D eigenvalue weighted by Gasteiger charge is -2.21. The second-order valence-corrected chi connectivity index (χ2v) is 6.47. The number of carbonyl (C=O) groups excluding carboxylic acids is 2. The molecule has 0 spiro atoms. The predicted molar refractivity (Wildman–Crippen MR) is 84.8 cm³/mol. The van der Waals surface area contributed by atoms with Crippen molar-refractivity contribution in [1.82, 2.24) is 9.88 Å². The summed E-state index contributed by atoms with van der Waals surface area (Å²) in [4.78, 5) is 25.0. The Kier molecular flexibility index (Phi) is 4.63. The van der Waals surface area contributed by atoms with E-state index in [1.165, 1.54) is 6.92 Å². The maximum absolute atomic E-state index is 12.5. The van der Waals surface area contributed by atoms with Crippen molar-refractivity contribution in [3.8, 4) is 0 Å². The Balaban J connectivity index is 2.22. The molecule has 5 heteroatoms. The van der Waals surface area contributed by atoms with Gasteiger partial charge < -0.3 is 9.88 Å². The van der Waals surface area contributed by atoms with E-state index in [-0.39, 0.29) is 17.7 Å². The molecule has 0 unspecified atom stereocenters. The van der Waals surface area contributed by atoms with E-state index in [4.69, 9.17) is 0 Å². The number of nitrogens with one attached hydrogen (secondary N) is 1. The highest BCUT2D eigenvalue weighted by molar-refractivity contribution is 7.10. The Bertz CT molecular complexity index is 641. The smallest absolute Gasteiger partial charge is 0.268 e. The summed E-state index contributed by atoms with van der Waals surface area (Å²) in [6, 6.07) is 5.64. The van der Waals surface area contributed by atoms with Gasteiger partial charge in [0.05, 0.1) is 6.04 Å². The van der Waals surface area contributed by atoms with Gasteiger partial charge in [-0.15, -0.1) is 11.3 Å². The third kappa shape index (κ3) is 3.42. The number of hydrogen-bond donors (Lipinski definition) is 1. The molecule has 0 aliphatic carbocycles. The fraction of sp³-hybridized carbons (Fsp3) is 0.375. The van der Waals surface area contributed by atoms with Crippen LogP contribution in [0.1, 0.15) is 52.5 Å². The van der Waals surface area contributed by atoms with Gasteiger partial charge in [0.2, 0.25) is 0 Å². The minimum Gasteiger partial charge on any atom is -0.346 e. The zero-order chi connectivity index (χ0) is 15.6. The molecule has 0 saturated carbocycles. The number of aryl methyl sites for hydroxylation is 1. The standard InChI is InChI=1S/C16H20N2O2S/c1-10(2)15(14-6-5-7-21-14)17-16(20)13-8-12(11(3)19)9-18(13)4/h5-10,15H,1-4H3,(H,17,20)/t15-/m0/s1. The van der Waals surface area contributed by atoms with Crippen molar-refractivity contribution in [3.05, 3.63) is 45.9 Å². The molecule has 1 N–H and O–H groups in total. The van der Waals surface area contributed by atoms with E-state index in [2.05, 4.69) is 19.2 Å². The molecular weight excluding hydrogens is 284 g/mol. The van der Waals surface area contributed by atoms with Crippen molar-refractivity contribution >= 4 is 23.0 Å². The first-order valence-electron chi connectivity index (χ1n) is 6.91. The Morgan fingerprint density at radius 1 is 1.33 bits per heavy atom. The van der Waals surface area contributed by atoms with Crippen LogP contribution in [0.25, 0.3) is 0 Å². The molecule has 0 fully saturated rings. The number of Topliss-reactive ketones (excluding diaryl/α,β-unsaturated/α-hetero) is 1. The molecule has 0 aliphatic heterocycles. The molecule has 4 nitrogen and oxygen atoms in total. The van der Waals surface area contributed by atoms with Crippen LogP contribution in [0.15, 0.2) is 29.8 Å². The normalized spacial score (nSPS) is 12.4. The number of ketones is 1. The molecule has 2 aromatic heterocycles. The molecule has 0 aliphatic rings. The van der Waals surface area contributed by atoms with E-state index in [9.17, 15) is 9.59 Å². The molecule has 0 radical (unpaired) electrons. The van der Waals surface area contributed by atoms with E-state index >= 15 is 0 Å². The van der Waals surface area contributed by atoms with Gasteiger partial charge in [-0.1, -0.05) is 19.9 Å². The third-order valence-electron chi connectivity index (χ3n) is 3.45. The molecular formula is C16H20N2O2S. The van der Waals surface area contributed by atoms with E-state index in [1.54, 1.807) is 35.2 Å². The molecule has 21 heavy (non-hydrogen) atoms. The molecule has 1 atom stereocenters. The van der Waals surface area contributed by atoms with E-state index in [0.717, 1.165) is 4.88 Å². The Morgan fingerprint density at radius 3 is 2.52 bits per heavy atom. The van der Waals surface area contributed by atoms with Crippen molar-refractivity contribution < 1.29 is 9.59 Å². The molecule has 0 saturated heterocycles. The average molecular weight is 304 g/mol. The van der Waals surface area contributed by atoms with Crippen molar-refractivity contribution in [2.75, 3.05) is 0 Å². The zero-order valence-corrected chi connectivity index (χ0v) is 13.5. The van der Waals surface area contributed by atoms with Crippen molar-refractivity contribution in [1.29, 1.82) is 0 Å². The number of rotatable bonds is 5. The average Bonchev–Trinajstić information content (AvgIpc) is 3.04. The highest BCUT2D eigenvalue weighted by Crippen LogP contribution is 2.26. The number of thiophene rings is 1. The van der Waals surface area contributed by atoms with Gasteiger partial charge in [0, 0.05) is 23.7 Å². The maximum Gasteiger partial charge on any atom is 0.268 e. The molecule has 2 rings (SSSR count). The molecule has 0 bridgehead atoms. The van der Waals surface area contributed by atoms with Crippen LogP contribution in [-0.4, -0.2) is 16.3 Å². The summed E-state index contributed by atoms with van der Waals surface area (Å²) in [5.41, 5.74) is 1.06. The maximum atomic E-state index is 12.5. The highest BCUT2D eigenvalue weighted by Gasteiger charge is 2.22. The number of nitrogens with zero attached hydrogens (tertiary/aromatic N) is 1. The van der Waals surface area contributed by atoms with Crippen LogP contribution in [0, 0.1) is 5.92 Å². The number of hydrogen-bond acceptors (Lipinski definition) is 3. The first-order chi connectivity index (χ1) is 9.90. The number of amides is 1. The van der Waals surface area contributed by atoms with Gasteiger partial charge >= 0.3 is 0 Å². The summed E-state index contributed by atoms with van der Waals surface area (Å²) in [6.45, 7) is 5.66. The molecule has 0 aromatic carbocycles. The van der Waals surface area contributed by atoms with Crippen LogP contribution >= 0.6 is 11.3 Å². The van der Waals surface area contributed by atoms with Gasteiger partial charge in [0.25, 0.3) is 5.91 Å². The Labute approximate surface area is 128 Å². The van der Waals surface area contributed by atoms with E-state index in [0.29, 0.717) is 17.2 Å². The molecule has 2 heterocycles. The highest BCUT2D eigenvalue weighted by atomic mass is 32.1. The van der Waals surface area contributed by atoms with Crippen LogP contribution < -0.4 is 5.32 Å². The molecule has 112 valence electrons. The monoisotopic (exact) mass is 304 g/mol. The van der Waals surface area contributed by atoms with Crippen LogP contribution in [0.3, 0.4) is 0 Å².